The molecule has 0 spiro atoms. The fourth-order valence-corrected chi connectivity index (χ4v) is 1.90. The smallest absolute Gasteiger partial charge is 0.408 e. The number of alkyl carbamates (subject to hydrolysis) is 1. The molecule has 0 aliphatic heterocycles. The Morgan fingerprint density at radius 1 is 1.39 bits per heavy atom. The van der Waals surface area contributed by atoms with E-state index < -0.39 is 23.2 Å². The summed E-state index contributed by atoms with van der Waals surface area (Å²) in [6.07, 6.45) is -0.272. The van der Waals surface area contributed by atoms with Crippen LogP contribution in [0.5, 0.6) is 0 Å². The zero-order chi connectivity index (χ0) is 14.0. The van der Waals surface area contributed by atoms with Gasteiger partial charge >= 0.3 is 12.1 Å². The van der Waals surface area contributed by atoms with Gasteiger partial charge in [0.15, 0.2) is 0 Å². The number of carbonyl (C=O) groups is 2. The average Bonchev–Trinajstić information content (AvgIpc) is 2.10. The molecule has 0 aromatic heterocycles. The van der Waals surface area contributed by atoms with E-state index in [1.54, 1.807) is 20.8 Å². The predicted molar refractivity (Wildman–Crippen MR) is 64.4 cm³/mol. The third-order valence-corrected chi connectivity index (χ3v) is 2.70. The number of hydrogen-bond donors (Lipinski definition) is 2. The van der Waals surface area contributed by atoms with Crippen molar-refractivity contribution in [2.24, 2.45) is 0 Å². The van der Waals surface area contributed by atoms with E-state index >= 15 is 0 Å². The number of carboxylic acids is 1. The summed E-state index contributed by atoms with van der Waals surface area (Å²) in [5.41, 5.74) is -1.89. The second-order valence-electron chi connectivity index (χ2n) is 5.50. The largest absolute Gasteiger partial charge is 0.479 e. The highest BCUT2D eigenvalue weighted by Crippen LogP contribution is 2.35. The molecule has 0 heterocycles. The van der Waals surface area contributed by atoms with Gasteiger partial charge in [-0.25, -0.2) is 9.59 Å². The Morgan fingerprint density at radius 3 is 2.33 bits per heavy atom. The van der Waals surface area contributed by atoms with Gasteiger partial charge in [-0.1, -0.05) is 0 Å². The summed E-state index contributed by atoms with van der Waals surface area (Å²) in [5, 5.41) is 11.6. The molecule has 104 valence electrons. The first-order valence-electron chi connectivity index (χ1n) is 6.05. The van der Waals surface area contributed by atoms with E-state index in [0.717, 1.165) is 0 Å². The zero-order valence-electron chi connectivity index (χ0n) is 11.3. The van der Waals surface area contributed by atoms with Gasteiger partial charge in [-0.3, -0.25) is 0 Å². The van der Waals surface area contributed by atoms with Crippen LogP contribution < -0.4 is 5.32 Å². The van der Waals surface area contributed by atoms with E-state index in [2.05, 4.69) is 5.32 Å². The molecular formula is C12H21NO5. The summed E-state index contributed by atoms with van der Waals surface area (Å²) < 4.78 is 10.4. The first kappa shape index (κ1) is 14.8. The number of carboxylic acid groups (broad SMARTS) is 1. The Kier molecular flexibility index (Phi) is 4.21. The first-order valence-corrected chi connectivity index (χ1v) is 6.05. The molecule has 6 nitrogen and oxygen atoms in total. The van der Waals surface area contributed by atoms with Crippen molar-refractivity contribution < 1.29 is 24.2 Å². The van der Waals surface area contributed by atoms with E-state index in [4.69, 9.17) is 9.47 Å². The van der Waals surface area contributed by atoms with E-state index in [-0.39, 0.29) is 18.9 Å². The number of amides is 1. The maximum Gasteiger partial charge on any atom is 0.408 e. The van der Waals surface area contributed by atoms with Crippen LogP contribution in [0.2, 0.25) is 0 Å². The van der Waals surface area contributed by atoms with Crippen LogP contribution in [-0.2, 0) is 14.3 Å². The lowest BCUT2D eigenvalue weighted by Crippen LogP contribution is -2.65. The van der Waals surface area contributed by atoms with Crippen molar-refractivity contribution in [3.05, 3.63) is 0 Å². The fourth-order valence-electron chi connectivity index (χ4n) is 1.90. The van der Waals surface area contributed by atoms with Crippen LogP contribution >= 0.6 is 0 Å². The fraction of sp³-hybridized carbons (Fsp3) is 0.833. The summed E-state index contributed by atoms with van der Waals surface area (Å²) in [4.78, 5) is 22.8. The van der Waals surface area contributed by atoms with Crippen LogP contribution in [0, 0.1) is 0 Å². The van der Waals surface area contributed by atoms with Gasteiger partial charge in [0.05, 0.1) is 6.10 Å². The number of aliphatic carboxylic acids is 1. The normalized spacial score (nSPS) is 27.2. The van der Waals surface area contributed by atoms with Gasteiger partial charge in [0.25, 0.3) is 0 Å². The highest BCUT2D eigenvalue weighted by molar-refractivity contribution is 5.85. The third kappa shape index (κ3) is 3.60. The van der Waals surface area contributed by atoms with Gasteiger partial charge in [0, 0.05) is 19.4 Å². The monoisotopic (exact) mass is 259 g/mol. The Balaban J connectivity index is 2.56. The highest BCUT2D eigenvalue weighted by Gasteiger charge is 2.52. The molecule has 0 aromatic rings. The SMILES string of the molecule is CCOC1CC(NC(=O)OC(C)(C)C)(C(=O)O)C1. The molecule has 1 aliphatic carbocycles. The molecule has 0 unspecified atom stereocenters. The molecule has 6 heteroatoms. The summed E-state index contributed by atoms with van der Waals surface area (Å²) in [6, 6.07) is 0. The molecule has 18 heavy (non-hydrogen) atoms. The van der Waals surface area contributed by atoms with Crippen molar-refractivity contribution in [3.8, 4) is 0 Å². The van der Waals surface area contributed by atoms with Gasteiger partial charge in [0.1, 0.15) is 11.1 Å². The Bertz CT molecular complexity index is 328. The topological polar surface area (TPSA) is 84.9 Å². The van der Waals surface area contributed by atoms with Crippen LogP contribution in [0.25, 0.3) is 0 Å². The van der Waals surface area contributed by atoms with E-state index in [1.807, 2.05) is 6.92 Å². The number of hydrogen-bond acceptors (Lipinski definition) is 4. The van der Waals surface area contributed by atoms with Gasteiger partial charge in [-0.15, -0.1) is 0 Å². The third-order valence-electron chi connectivity index (χ3n) is 2.70. The number of ether oxygens (including phenoxy) is 2. The highest BCUT2D eigenvalue weighted by atomic mass is 16.6. The number of rotatable bonds is 4. The van der Waals surface area contributed by atoms with E-state index in [1.165, 1.54) is 0 Å². The van der Waals surface area contributed by atoms with Crippen molar-refractivity contribution in [3.63, 3.8) is 0 Å². The van der Waals surface area contributed by atoms with Crippen molar-refractivity contribution in [2.75, 3.05) is 6.61 Å². The summed E-state index contributed by atoms with van der Waals surface area (Å²) in [5.74, 6) is -1.05. The molecule has 1 saturated carbocycles. The minimum absolute atomic E-state index is 0.110. The van der Waals surface area contributed by atoms with Gasteiger partial charge in [-0.2, -0.15) is 0 Å². The minimum atomic E-state index is -1.25. The molecule has 1 rings (SSSR count). The van der Waals surface area contributed by atoms with Crippen molar-refractivity contribution in [1.29, 1.82) is 0 Å². The Morgan fingerprint density at radius 2 is 1.94 bits per heavy atom. The lowest BCUT2D eigenvalue weighted by Gasteiger charge is -2.44. The molecule has 0 bridgehead atoms. The molecule has 0 atom stereocenters. The lowest BCUT2D eigenvalue weighted by molar-refractivity contribution is -0.157. The molecular weight excluding hydrogens is 238 g/mol. The average molecular weight is 259 g/mol. The maximum absolute atomic E-state index is 11.6. The predicted octanol–water partition coefficient (Wildman–Crippen LogP) is 1.53. The number of carbonyl (C=O) groups excluding carboxylic acids is 1. The van der Waals surface area contributed by atoms with Crippen molar-refractivity contribution >= 4 is 12.1 Å². The van der Waals surface area contributed by atoms with Crippen LogP contribution in [0.3, 0.4) is 0 Å². The quantitative estimate of drug-likeness (QED) is 0.799. The van der Waals surface area contributed by atoms with Gasteiger partial charge in [-0.05, 0) is 27.7 Å². The zero-order valence-corrected chi connectivity index (χ0v) is 11.3. The summed E-state index contributed by atoms with van der Waals surface area (Å²) >= 11 is 0. The van der Waals surface area contributed by atoms with Gasteiger partial charge in [0.2, 0.25) is 0 Å². The Labute approximate surface area is 107 Å². The van der Waals surface area contributed by atoms with Crippen LogP contribution in [0.4, 0.5) is 4.79 Å². The second-order valence-corrected chi connectivity index (χ2v) is 5.50. The lowest BCUT2D eigenvalue weighted by atomic mass is 9.74. The number of nitrogens with one attached hydrogen (secondary N) is 1. The molecule has 1 amide bonds. The minimum Gasteiger partial charge on any atom is -0.479 e. The standard InChI is InChI=1S/C12H21NO5/c1-5-17-8-6-12(7-8,9(14)15)13-10(16)18-11(2,3)4/h8H,5-7H2,1-4H3,(H,13,16)(H,14,15). The van der Waals surface area contributed by atoms with E-state index in [9.17, 15) is 14.7 Å². The Hall–Kier alpha value is -1.30. The van der Waals surface area contributed by atoms with Crippen molar-refractivity contribution in [2.45, 2.75) is 57.8 Å². The summed E-state index contributed by atoms with van der Waals surface area (Å²) in [7, 11) is 0. The van der Waals surface area contributed by atoms with Gasteiger partial charge < -0.3 is 19.9 Å². The van der Waals surface area contributed by atoms with Crippen LogP contribution in [-0.4, -0.2) is 41.0 Å². The molecule has 0 saturated heterocycles. The summed E-state index contributed by atoms with van der Waals surface area (Å²) in [6.45, 7) is 7.56. The first-order chi connectivity index (χ1) is 8.18. The molecule has 1 aliphatic rings. The molecule has 1 fully saturated rings. The van der Waals surface area contributed by atoms with Crippen LogP contribution in [0.15, 0.2) is 0 Å². The molecule has 2 N–H and O–H groups in total. The van der Waals surface area contributed by atoms with E-state index in [0.29, 0.717) is 6.61 Å². The van der Waals surface area contributed by atoms with Crippen LogP contribution in [0.1, 0.15) is 40.5 Å². The molecule has 0 aromatic carbocycles. The molecule has 0 radical (unpaired) electrons. The maximum atomic E-state index is 11.6. The second kappa shape index (κ2) is 5.14. The van der Waals surface area contributed by atoms with Crippen molar-refractivity contribution in [1.82, 2.24) is 5.32 Å².